The fourth-order valence-electron chi connectivity index (χ4n) is 2.11. The van der Waals surface area contributed by atoms with Crippen LogP contribution in [0.2, 0.25) is 0 Å². The van der Waals surface area contributed by atoms with E-state index in [-0.39, 0.29) is 12.3 Å². The molecule has 0 unspecified atom stereocenters. The second-order valence-electron chi connectivity index (χ2n) is 4.61. The Morgan fingerprint density at radius 1 is 1.18 bits per heavy atom. The zero-order chi connectivity index (χ0) is 15.4. The molecule has 0 aliphatic rings. The zero-order valence-electron chi connectivity index (χ0n) is 12.1. The number of carbonyl (C=O) groups is 1. The summed E-state index contributed by atoms with van der Waals surface area (Å²) in [5.74, 6) is -0.0676. The van der Waals surface area contributed by atoms with Crippen molar-refractivity contribution in [3.63, 3.8) is 0 Å². The van der Waals surface area contributed by atoms with Gasteiger partial charge in [0.2, 0.25) is 0 Å². The van der Waals surface area contributed by atoms with Crippen LogP contribution in [-0.2, 0) is 11.3 Å². The quantitative estimate of drug-likeness (QED) is 0.677. The third-order valence-electron chi connectivity index (χ3n) is 3.13. The molecule has 2 aromatic heterocycles. The molecule has 0 amide bonds. The fourth-order valence-corrected chi connectivity index (χ4v) is 2.11. The number of esters is 1. The maximum atomic E-state index is 12.2. The summed E-state index contributed by atoms with van der Waals surface area (Å²) in [5.41, 5.74) is 1.96. The SMILES string of the molecule is CCOC(=O)c1c(OCc2ccccc2)ccc2cnnn12. The number of nitrogens with zero attached hydrogens (tertiary/aromatic N) is 3. The summed E-state index contributed by atoms with van der Waals surface area (Å²) in [6.45, 7) is 2.39. The number of ether oxygens (including phenoxy) is 2. The topological polar surface area (TPSA) is 65.7 Å². The second-order valence-corrected chi connectivity index (χ2v) is 4.61. The van der Waals surface area contributed by atoms with E-state index in [4.69, 9.17) is 9.47 Å². The Balaban J connectivity index is 1.94. The molecular formula is C16H15N3O3. The van der Waals surface area contributed by atoms with Gasteiger partial charge in [0, 0.05) is 0 Å². The number of rotatable bonds is 5. The molecule has 0 saturated heterocycles. The van der Waals surface area contributed by atoms with E-state index in [0.717, 1.165) is 5.56 Å². The van der Waals surface area contributed by atoms with Crippen LogP contribution in [0.15, 0.2) is 48.7 Å². The van der Waals surface area contributed by atoms with Crippen LogP contribution >= 0.6 is 0 Å². The molecule has 0 aliphatic carbocycles. The van der Waals surface area contributed by atoms with Crippen molar-refractivity contribution in [2.24, 2.45) is 0 Å². The molecule has 0 atom stereocenters. The highest BCUT2D eigenvalue weighted by molar-refractivity contribution is 5.91. The van der Waals surface area contributed by atoms with Crippen molar-refractivity contribution in [3.8, 4) is 5.75 Å². The molecule has 6 nitrogen and oxygen atoms in total. The number of carbonyl (C=O) groups excluding carboxylic acids is 1. The summed E-state index contributed by atoms with van der Waals surface area (Å²) < 4.78 is 12.3. The van der Waals surface area contributed by atoms with Crippen LogP contribution in [0.1, 0.15) is 23.0 Å². The molecule has 0 bridgehead atoms. The fraction of sp³-hybridized carbons (Fsp3) is 0.188. The van der Waals surface area contributed by atoms with Crippen molar-refractivity contribution in [2.75, 3.05) is 6.61 Å². The predicted molar refractivity (Wildman–Crippen MR) is 79.7 cm³/mol. The minimum atomic E-state index is -0.485. The number of aromatic nitrogens is 3. The smallest absolute Gasteiger partial charge is 0.360 e. The molecule has 3 aromatic rings. The minimum absolute atomic E-state index is 0.243. The van der Waals surface area contributed by atoms with E-state index in [0.29, 0.717) is 17.9 Å². The lowest BCUT2D eigenvalue weighted by Gasteiger charge is -2.12. The van der Waals surface area contributed by atoms with E-state index >= 15 is 0 Å². The van der Waals surface area contributed by atoms with Gasteiger partial charge in [0.05, 0.1) is 18.3 Å². The Bertz CT molecular complexity index is 784. The predicted octanol–water partition coefficient (Wildman–Crippen LogP) is 2.49. The van der Waals surface area contributed by atoms with Crippen molar-refractivity contribution in [1.29, 1.82) is 0 Å². The van der Waals surface area contributed by atoms with Gasteiger partial charge >= 0.3 is 5.97 Å². The number of hydrogen-bond donors (Lipinski definition) is 0. The van der Waals surface area contributed by atoms with Crippen LogP contribution in [0.3, 0.4) is 0 Å². The van der Waals surface area contributed by atoms with Crippen molar-refractivity contribution >= 4 is 11.5 Å². The molecule has 0 aliphatic heterocycles. The van der Waals surface area contributed by atoms with Crippen molar-refractivity contribution in [2.45, 2.75) is 13.5 Å². The van der Waals surface area contributed by atoms with Crippen molar-refractivity contribution in [1.82, 2.24) is 14.8 Å². The lowest BCUT2D eigenvalue weighted by molar-refractivity contribution is 0.0510. The monoisotopic (exact) mass is 297 g/mol. The molecular weight excluding hydrogens is 282 g/mol. The van der Waals surface area contributed by atoms with Crippen LogP contribution < -0.4 is 4.74 Å². The zero-order valence-corrected chi connectivity index (χ0v) is 12.1. The van der Waals surface area contributed by atoms with Gasteiger partial charge in [0.25, 0.3) is 0 Å². The highest BCUT2D eigenvalue weighted by Gasteiger charge is 2.19. The van der Waals surface area contributed by atoms with E-state index < -0.39 is 5.97 Å². The van der Waals surface area contributed by atoms with Gasteiger partial charge in [-0.2, -0.15) is 0 Å². The van der Waals surface area contributed by atoms with Crippen LogP contribution in [0.4, 0.5) is 0 Å². The van der Waals surface area contributed by atoms with Crippen molar-refractivity contribution < 1.29 is 14.3 Å². The summed E-state index contributed by atoms with van der Waals surface area (Å²) in [7, 11) is 0. The lowest BCUT2D eigenvalue weighted by Crippen LogP contribution is -2.14. The van der Waals surface area contributed by atoms with Gasteiger partial charge in [-0.15, -0.1) is 5.10 Å². The molecule has 112 valence electrons. The maximum absolute atomic E-state index is 12.2. The van der Waals surface area contributed by atoms with Gasteiger partial charge in [-0.1, -0.05) is 35.5 Å². The van der Waals surface area contributed by atoms with Gasteiger partial charge in [-0.25, -0.2) is 9.31 Å². The van der Waals surface area contributed by atoms with Crippen LogP contribution in [0, 0.1) is 0 Å². The van der Waals surface area contributed by atoms with Gasteiger partial charge in [-0.3, -0.25) is 0 Å². The van der Waals surface area contributed by atoms with E-state index in [2.05, 4.69) is 10.3 Å². The molecule has 0 radical (unpaired) electrons. The Morgan fingerprint density at radius 3 is 2.77 bits per heavy atom. The normalized spacial score (nSPS) is 10.6. The molecule has 0 N–H and O–H groups in total. The molecule has 0 fully saturated rings. The third-order valence-corrected chi connectivity index (χ3v) is 3.13. The summed E-state index contributed by atoms with van der Waals surface area (Å²) in [6.07, 6.45) is 1.57. The van der Waals surface area contributed by atoms with Crippen LogP contribution in [-0.4, -0.2) is 27.4 Å². The average molecular weight is 297 g/mol. The molecule has 22 heavy (non-hydrogen) atoms. The molecule has 2 heterocycles. The highest BCUT2D eigenvalue weighted by Crippen LogP contribution is 2.22. The summed E-state index contributed by atoms with van der Waals surface area (Å²) in [5, 5.41) is 7.74. The molecule has 3 rings (SSSR count). The number of benzene rings is 1. The van der Waals surface area contributed by atoms with E-state index in [1.54, 1.807) is 25.3 Å². The van der Waals surface area contributed by atoms with Crippen LogP contribution in [0.25, 0.3) is 5.52 Å². The third kappa shape index (κ3) is 2.76. The van der Waals surface area contributed by atoms with Crippen molar-refractivity contribution in [3.05, 3.63) is 59.9 Å². The Labute approximate surface area is 127 Å². The molecule has 1 aromatic carbocycles. The first-order chi connectivity index (χ1) is 10.8. The second kappa shape index (κ2) is 6.26. The Kier molecular flexibility index (Phi) is 4.00. The largest absolute Gasteiger partial charge is 0.486 e. The number of hydrogen-bond acceptors (Lipinski definition) is 5. The molecule has 6 heteroatoms. The van der Waals surface area contributed by atoms with Gasteiger partial charge in [-0.05, 0) is 24.6 Å². The van der Waals surface area contributed by atoms with E-state index in [1.807, 2.05) is 30.3 Å². The Hall–Kier alpha value is -2.89. The highest BCUT2D eigenvalue weighted by atomic mass is 16.5. The van der Waals surface area contributed by atoms with E-state index in [9.17, 15) is 4.79 Å². The number of fused-ring (bicyclic) bond motifs is 1. The van der Waals surface area contributed by atoms with E-state index in [1.165, 1.54) is 4.52 Å². The van der Waals surface area contributed by atoms with Gasteiger partial charge in [0.1, 0.15) is 6.61 Å². The first-order valence-electron chi connectivity index (χ1n) is 6.97. The first-order valence-corrected chi connectivity index (χ1v) is 6.97. The average Bonchev–Trinajstić information content (AvgIpc) is 3.02. The summed E-state index contributed by atoms with van der Waals surface area (Å²) in [6, 6.07) is 13.2. The summed E-state index contributed by atoms with van der Waals surface area (Å²) in [4.78, 5) is 12.2. The van der Waals surface area contributed by atoms with Crippen LogP contribution in [0.5, 0.6) is 5.75 Å². The Morgan fingerprint density at radius 2 is 2.00 bits per heavy atom. The molecule has 0 spiro atoms. The maximum Gasteiger partial charge on any atom is 0.360 e. The first kappa shape index (κ1) is 14.1. The summed E-state index contributed by atoms with van der Waals surface area (Å²) >= 11 is 0. The lowest BCUT2D eigenvalue weighted by atomic mass is 10.2. The van der Waals surface area contributed by atoms with Gasteiger partial charge in [0.15, 0.2) is 11.4 Å². The molecule has 0 saturated carbocycles. The number of pyridine rings is 1. The standard InChI is InChI=1S/C16H15N3O3/c1-2-21-16(20)15-14(9-8-13-10-17-18-19(13)15)22-11-12-6-4-3-5-7-12/h3-10H,2,11H2,1H3. The van der Waals surface area contributed by atoms with Gasteiger partial charge < -0.3 is 9.47 Å². The minimum Gasteiger partial charge on any atom is -0.486 e.